The molecule has 2 aromatic carbocycles. The van der Waals surface area contributed by atoms with Gasteiger partial charge in [-0.2, -0.15) is 0 Å². The molecule has 1 N–H and O–H groups in total. The first-order valence-electron chi connectivity index (χ1n) is 6.67. The molecule has 1 aliphatic heterocycles. The summed E-state index contributed by atoms with van der Waals surface area (Å²) in [5, 5.41) is 9.54. The lowest BCUT2D eigenvalue weighted by molar-refractivity contribution is 0.475. The van der Waals surface area contributed by atoms with Crippen molar-refractivity contribution in [3.05, 3.63) is 54.6 Å². The third-order valence-corrected chi connectivity index (χ3v) is 3.60. The van der Waals surface area contributed by atoms with Gasteiger partial charge >= 0.3 is 0 Å². The number of phenolic OH excluding ortho intramolecular Hbond substituents is 1. The van der Waals surface area contributed by atoms with E-state index < -0.39 is 0 Å². The highest BCUT2D eigenvalue weighted by Crippen LogP contribution is 2.23. The van der Waals surface area contributed by atoms with Crippen LogP contribution < -0.4 is 9.80 Å². The Bertz CT molecular complexity index is 533. The fourth-order valence-electron chi connectivity index (χ4n) is 2.55. The number of phenols is 1. The molecule has 1 heterocycles. The van der Waals surface area contributed by atoms with Crippen LogP contribution in [0.1, 0.15) is 0 Å². The zero-order valence-electron chi connectivity index (χ0n) is 10.9. The largest absolute Gasteiger partial charge is 0.508 e. The van der Waals surface area contributed by atoms with Gasteiger partial charge in [0.1, 0.15) is 5.75 Å². The lowest BCUT2D eigenvalue weighted by Crippen LogP contribution is -2.46. The summed E-state index contributed by atoms with van der Waals surface area (Å²) < 4.78 is 0. The van der Waals surface area contributed by atoms with Crippen LogP contribution in [0.25, 0.3) is 0 Å². The number of piperazine rings is 1. The highest BCUT2D eigenvalue weighted by atomic mass is 16.3. The molecular weight excluding hydrogens is 236 g/mol. The summed E-state index contributed by atoms with van der Waals surface area (Å²) in [7, 11) is 0. The molecule has 3 heteroatoms. The first-order chi connectivity index (χ1) is 9.33. The molecular formula is C16H18N2O. The summed E-state index contributed by atoms with van der Waals surface area (Å²) >= 11 is 0. The van der Waals surface area contributed by atoms with Crippen LogP contribution in [0, 0.1) is 0 Å². The third kappa shape index (κ3) is 2.65. The van der Waals surface area contributed by atoms with Crippen molar-refractivity contribution < 1.29 is 5.11 Å². The number of hydrogen-bond donors (Lipinski definition) is 1. The van der Waals surface area contributed by atoms with Crippen LogP contribution in [0.2, 0.25) is 0 Å². The second kappa shape index (κ2) is 5.22. The summed E-state index contributed by atoms with van der Waals surface area (Å²) in [4.78, 5) is 4.72. The second-order valence-corrected chi connectivity index (χ2v) is 4.83. The zero-order valence-corrected chi connectivity index (χ0v) is 10.9. The van der Waals surface area contributed by atoms with Crippen molar-refractivity contribution in [3.8, 4) is 5.75 Å². The lowest BCUT2D eigenvalue weighted by Gasteiger charge is -2.37. The average molecular weight is 254 g/mol. The molecule has 98 valence electrons. The number of aromatic hydroxyl groups is 1. The van der Waals surface area contributed by atoms with Crippen molar-refractivity contribution in [2.75, 3.05) is 36.0 Å². The normalized spacial score (nSPS) is 15.6. The standard InChI is InChI=1S/C16H18N2O/c19-16-8-4-7-15(13-16)18-11-9-17(10-12-18)14-5-2-1-3-6-14/h1-8,13,19H,9-12H2. The van der Waals surface area contributed by atoms with Gasteiger partial charge in [0.15, 0.2) is 0 Å². The van der Waals surface area contributed by atoms with Crippen molar-refractivity contribution in [1.29, 1.82) is 0 Å². The summed E-state index contributed by atoms with van der Waals surface area (Å²) in [6.07, 6.45) is 0. The molecule has 0 spiro atoms. The molecule has 0 unspecified atom stereocenters. The molecule has 0 bridgehead atoms. The Labute approximate surface area is 113 Å². The summed E-state index contributed by atoms with van der Waals surface area (Å²) in [5.41, 5.74) is 2.39. The van der Waals surface area contributed by atoms with Crippen LogP contribution in [0.3, 0.4) is 0 Å². The topological polar surface area (TPSA) is 26.7 Å². The molecule has 19 heavy (non-hydrogen) atoms. The number of anilines is 2. The van der Waals surface area contributed by atoms with Gasteiger partial charge in [-0.1, -0.05) is 24.3 Å². The van der Waals surface area contributed by atoms with Gasteiger partial charge in [0.25, 0.3) is 0 Å². The van der Waals surface area contributed by atoms with Gasteiger partial charge in [-0.25, -0.2) is 0 Å². The molecule has 1 fully saturated rings. The predicted molar refractivity (Wildman–Crippen MR) is 79.0 cm³/mol. The van der Waals surface area contributed by atoms with Crippen LogP contribution in [0.15, 0.2) is 54.6 Å². The monoisotopic (exact) mass is 254 g/mol. The van der Waals surface area contributed by atoms with Crippen LogP contribution in [0.4, 0.5) is 11.4 Å². The number of benzene rings is 2. The third-order valence-electron chi connectivity index (χ3n) is 3.60. The molecule has 0 aliphatic carbocycles. The summed E-state index contributed by atoms with van der Waals surface area (Å²) in [6, 6.07) is 18.0. The van der Waals surface area contributed by atoms with E-state index in [-0.39, 0.29) is 0 Å². The first-order valence-corrected chi connectivity index (χ1v) is 6.67. The van der Waals surface area contributed by atoms with Crippen molar-refractivity contribution in [1.82, 2.24) is 0 Å². The average Bonchev–Trinajstić information content (AvgIpc) is 2.48. The fourth-order valence-corrected chi connectivity index (χ4v) is 2.55. The van der Waals surface area contributed by atoms with Crippen molar-refractivity contribution in [2.45, 2.75) is 0 Å². The van der Waals surface area contributed by atoms with E-state index in [1.165, 1.54) is 5.69 Å². The van der Waals surface area contributed by atoms with Crippen molar-refractivity contribution in [2.24, 2.45) is 0 Å². The van der Waals surface area contributed by atoms with Crippen LogP contribution in [0.5, 0.6) is 5.75 Å². The maximum absolute atomic E-state index is 9.54. The maximum atomic E-state index is 9.54. The van der Waals surface area contributed by atoms with E-state index in [1.807, 2.05) is 18.2 Å². The minimum Gasteiger partial charge on any atom is -0.508 e. The molecule has 0 radical (unpaired) electrons. The van der Waals surface area contributed by atoms with Crippen LogP contribution in [-0.2, 0) is 0 Å². The molecule has 2 aromatic rings. The van der Waals surface area contributed by atoms with E-state index in [4.69, 9.17) is 0 Å². The Hall–Kier alpha value is -2.16. The van der Waals surface area contributed by atoms with Crippen LogP contribution in [-0.4, -0.2) is 31.3 Å². The van der Waals surface area contributed by atoms with Gasteiger partial charge in [0, 0.05) is 43.6 Å². The Morgan fingerprint density at radius 1 is 0.684 bits per heavy atom. The van der Waals surface area contributed by atoms with Gasteiger partial charge < -0.3 is 14.9 Å². The highest BCUT2D eigenvalue weighted by molar-refractivity contribution is 5.53. The number of para-hydroxylation sites is 1. The van der Waals surface area contributed by atoms with Gasteiger partial charge in [0.05, 0.1) is 0 Å². The molecule has 1 saturated heterocycles. The molecule has 3 nitrogen and oxygen atoms in total. The summed E-state index contributed by atoms with van der Waals surface area (Å²) in [5.74, 6) is 0.336. The Morgan fingerprint density at radius 2 is 1.26 bits per heavy atom. The molecule has 0 saturated carbocycles. The predicted octanol–water partition coefficient (Wildman–Crippen LogP) is 2.72. The van der Waals surface area contributed by atoms with E-state index in [2.05, 4.69) is 40.1 Å². The molecule has 0 atom stereocenters. The van der Waals surface area contributed by atoms with Crippen molar-refractivity contribution >= 4 is 11.4 Å². The SMILES string of the molecule is Oc1cccc(N2CCN(c3ccccc3)CC2)c1. The van der Waals surface area contributed by atoms with Gasteiger partial charge in [0.2, 0.25) is 0 Å². The van der Waals surface area contributed by atoms with E-state index in [0.717, 1.165) is 31.9 Å². The molecule has 0 aromatic heterocycles. The minimum absolute atomic E-state index is 0.336. The van der Waals surface area contributed by atoms with Gasteiger partial charge in [-0.3, -0.25) is 0 Å². The van der Waals surface area contributed by atoms with Gasteiger partial charge in [-0.05, 0) is 24.3 Å². The van der Waals surface area contributed by atoms with Crippen molar-refractivity contribution in [3.63, 3.8) is 0 Å². The van der Waals surface area contributed by atoms with E-state index in [0.29, 0.717) is 5.75 Å². The Morgan fingerprint density at radius 3 is 1.89 bits per heavy atom. The quantitative estimate of drug-likeness (QED) is 0.892. The fraction of sp³-hybridized carbons (Fsp3) is 0.250. The molecule has 3 rings (SSSR count). The Balaban J connectivity index is 1.67. The highest BCUT2D eigenvalue weighted by Gasteiger charge is 2.17. The van der Waals surface area contributed by atoms with E-state index in [1.54, 1.807) is 6.07 Å². The smallest absolute Gasteiger partial charge is 0.117 e. The minimum atomic E-state index is 0.336. The molecule has 1 aliphatic rings. The number of hydrogen-bond acceptors (Lipinski definition) is 3. The van der Waals surface area contributed by atoms with E-state index in [9.17, 15) is 5.11 Å². The maximum Gasteiger partial charge on any atom is 0.117 e. The lowest BCUT2D eigenvalue weighted by atomic mass is 10.2. The van der Waals surface area contributed by atoms with Crippen LogP contribution >= 0.6 is 0 Å². The second-order valence-electron chi connectivity index (χ2n) is 4.83. The first kappa shape index (κ1) is 11.9. The van der Waals surface area contributed by atoms with Gasteiger partial charge in [-0.15, -0.1) is 0 Å². The number of rotatable bonds is 2. The molecule has 0 amide bonds. The number of nitrogens with zero attached hydrogens (tertiary/aromatic N) is 2. The summed E-state index contributed by atoms with van der Waals surface area (Å²) in [6.45, 7) is 4.00. The zero-order chi connectivity index (χ0) is 13.1. The Kier molecular flexibility index (Phi) is 3.27. The van der Waals surface area contributed by atoms with E-state index >= 15 is 0 Å².